The Morgan fingerprint density at radius 2 is 1.42 bits per heavy atom. The second kappa shape index (κ2) is 25.4. The topological polar surface area (TPSA) is 210 Å². The molecule has 2 aromatic carbocycles. The molecule has 6 amide bonds. The first-order chi connectivity index (χ1) is 32.3. The molecule has 7 N–H and O–H groups in total. The molecule has 2 aliphatic rings. The van der Waals surface area contributed by atoms with E-state index in [0.717, 1.165) is 11.1 Å². The highest BCUT2D eigenvalue weighted by Gasteiger charge is 2.49. The van der Waals surface area contributed by atoms with Gasteiger partial charge in [-0.05, 0) is 123 Å². The quantitative estimate of drug-likeness (QED) is 0.0529. The van der Waals surface area contributed by atoms with Crippen molar-refractivity contribution in [1.29, 1.82) is 0 Å². The van der Waals surface area contributed by atoms with E-state index >= 15 is 0 Å². The Balaban J connectivity index is 1.50. The predicted octanol–water partition coefficient (Wildman–Crippen LogP) is 6.44. The Kier molecular flexibility index (Phi) is 20.7. The molecule has 4 rings (SSSR count). The summed E-state index contributed by atoms with van der Waals surface area (Å²) >= 11 is 0. The maximum atomic E-state index is 14.6. The summed E-state index contributed by atoms with van der Waals surface area (Å²) in [5, 5.41) is 25.0. The van der Waals surface area contributed by atoms with E-state index in [-0.39, 0.29) is 37.4 Å². The Morgan fingerprint density at radius 1 is 0.812 bits per heavy atom. The normalized spacial score (nSPS) is 19.0. The van der Waals surface area contributed by atoms with E-state index in [2.05, 4.69) is 40.4 Å². The summed E-state index contributed by atoms with van der Waals surface area (Å²) in [6.07, 6.45) is 6.01. The Hall–Kier alpha value is -5.48. The van der Waals surface area contributed by atoms with Crippen molar-refractivity contribution in [3.05, 3.63) is 83.9 Å². The number of amides is 6. The van der Waals surface area contributed by atoms with Crippen LogP contribution < -0.4 is 26.6 Å². The van der Waals surface area contributed by atoms with Gasteiger partial charge < -0.3 is 46.2 Å². The minimum absolute atomic E-state index is 0.103. The number of nitrogens with zero attached hydrogens (tertiary/aromatic N) is 2. The van der Waals surface area contributed by atoms with Crippen LogP contribution in [0.3, 0.4) is 0 Å². The lowest BCUT2D eigenvalue weighted by atomic mass is 9.79. The molecule has 16 heteroatoms. The molecule has 0 aliphatic carbocycles. The zero-order chi connectivity index (χ0) is 51.1. The number of hydroxylamine groups is 2. The van der Waals surface area contributed by atoms with Crippen LogP contribution >= 0.6 is 0 Å². The molecule has 0 unspecified atom stereocenters. The molecule has 2 aliphatic heterocycles. The molecule has 2 heterocycles. The van der Waals surface area contributed by atoms with Crippen LogP contribution in [0.1, 0.15) is 132 Å². The van der Waals surface area contributed by atoms with E-state index in [1.54, 1.807) is 44.6 Å². The van der Waals surface area contributed by atoms with Gasteiger partial charge in [-0.1, -0.05) is 106 Å². The van der Waals surface area contributed by atoms with Gasteiger partial charge in [-0.2, -0.15) is 0 Å². The van der Waals surface area contributed by atoms with Crippen LogP contribution in [0.25, 0.3) is 0 Å². The van der Waals surface area contributed by atoms with E-state index in [4.69, 9.17) is 14.7 Å². The molecule has 0 aromatic heterocycles. The largest absolute Gasteiger partial charge is 0.445 e. The zero-order valence-corrected chi connectivity index (χ0v) is 43.0. The zero-order valence-electron chi connectivity index (χ0n) is 43.0. The lowest BCUT2D eigenvalue weighted by Crippen LogP contribution is -2.64. The van der Waals surface area contributed by atoms with Crippen molar-refractivity contribution in [3.8, 4) is 0 Å². The van der Waals surface area contributed by atoms with Gasteiger partial charge in [0.15, 0.2) is 0 Å². The fraction of sp³-hybridized carbons (Fsp3) is 0.623. The highest BCUT2D eigenvalue weighted by atomic mass is 16.6. The summed E-state index contributed by atoms with van der Waals surface area (Å²) < 4.78 is 10.9. The van der Waals surface area contributed by atoms with Crippen LogP contribution in [0, 0.1) is 17.8 Å². The highest BCUT2D eigenvalue weighted by molar-refractivity contribution is 5.95. The minimum Gasteiger partial charge on any atom is -0.445 e. The van der Waals surface area contributed by atoms with Crippen molar-refractivity contribution in [2.45, 2.75) is 181 Å². The molecule has 0 spiro atoms. The molecule has 382 valence electrons. The van der Waals surface area contributed by atoms with Crippen molar-refractivity contribution in [2.24, 2.45) is 17.8 Å². The number of likely N-dealkylation sites (tertiary alicyclic amines) is 1. The maximum Gasteiger partial charge on any atom is 0.408 e. The molecule has 0 bridgehead atoms. The van der Waals surface area contributed by atoms with E-state index in [1.165, 1.54) is 0 Å². The third kappa shape index (κ3) is 18.1. The first-order valence-electron chi connectivity index (χ1n) is 24.7. The number of alkyl carbamates (subject to hydrolysis) is 2. The second-order valence-corrected chi connectivity index (χ2v) is 21.7. The predicted molar refractivity (Wildman–Crippen MR) is 267 cm³/mol. The van der Waals surface area contributed by atoms with Crippen molar-refractivity contribution >= 4 is 35.8 Å². The maximum absolute atomic E-state index is 14.6. The fourth-order valence-electron chi connectivity index (χ4n) is 9.31. The van der Waals surface area contributed by atoms with Gasteiger partial charge >= 0.3 is 12.2 Å². The van der Waals surface area contributed by atoms with Crippen molar-refractivity contribution < 1.29 is 43.4 Å². The molecule has 0 saturated carbocycles. The Bertz CT molecular complexity index is 2020. The van der Waals surface area contributed by atoms with Crippen molar-refractivity contribution in [2.75, 3.05) is 13.1 Å². The third-order valence-corrected chi connectivity index (χ3v) is 12.5. The second-order valence-electron chi connectivity index (χ2n) is 21.7. The molecule has 69 heavy (non-hydrogen) atoms. The smallest absolute Gasteiger partial charge is 0.408 e. The number of rotatable bonds is 21. The monoisotopic (exact) mass is 961 g/mol. The first-order valence-corrected chi connectivity index (χ1v) is 24.7. The van der Waals surface area contributed by atoms with Crippen LogP contribution in [0.15, 0.2) is 72.8 Å². The SMILES string of the molecule is CC(C)C[C@@H](/C=C/[C@H](Cc1ccccc1)C(=O)N1CCC[C@H]1C(=O)N[C@H](C(=O)N[C@H](CCCNC(=O)OCc1ccccc1)C(=O)NC1CC(C)(C)N([OH2+])C(C)(C)C1)C(C)C)NC(=O)OC(C)(C)C. The molecular weight excluding hydrogens is 879 g/mol. The number of benzene rings is 2. The lowest BCUT2D eigenvalue weighted by molar-refractivity contribution is -0.246. The number of carbonyl (C=O) groups excluding carboxylic acids is 6. The van der Waals surface area contributed by atoms with Crippen LogP contribution in [-0.2, 0) is 41.7 Å². The first kappa shape index (κ1) is 56.1. The standard InChI is InChI=1S/C53H81N7O9/c1-35(2)30-40(56-50(66)69-51(5,6)7)27-26-39(31-37-20-14-12-15-21-37)48(64)59-29-19-25-43(59)46(62)58-44(36(3)4)47(63)57-42(24-18-28-54-49(65)68-34-38-22-16-13-17-23-38)45(61)55-41-32-52(8,9)60(67)53(10,11)33-41/h12-17,20-23,26-27,35-36,39-44,67H,18-19,24-25,28-34H2,1-11H3,(H,54,65)(H,55,61)(H,56,66)(H,57,63)(H,58,62)/p+1/b27-26+/t39-,40-,42-,43+,44+/m1/s1. The van der Waals surface area contributed by atoms with Crippen LogP contribution in [0.4, 0.5) is 9.59 Å². The van der Waals surface area contributed by atoms with Gasteiger partial charge in [-0.25, -0.2) is 9.59 Å². The molecule has 2 saturated heterocycles. The van der Waals surface area contributed by atoms with Gasteiger partial charge in [0.2, 0.25) is 23.6 Å². The summed E-state index contributed by atoms with van der Waals surface area (Å²) in [6, 6.07) is 15.3. The number of ether oxygens (including phenoxy) is 2. The number of hydrogen-bond donors (Lipinski definition) is 5. The van der Waals surface area contributed by atoms with Crippen molar-refractivity contribution in [1.82, 2.24) is 36.5 Å². The molecule has 0 radical (unpaired) electrons. The van der Waals surface area contributed by atoms with Crippen LogP contribution in [0.5, 0.6) is 0 Å². The van der Waals surface area contributed by atoms with Gasteiger partial charge in [-0.15, -0.1) is 0 Å². The van der Waals surface area contributed by atoms with E-state index in [1.807, 2.05) is 101 Å². The summed E-state index contributed by atoms with van der Waals surface area (Å²) in [6.45, 7) is 21.6. The van der Waals surface area contributed by atoms with E-state index < -0.39 is 82.6 Å². The van der Waals surface area contributed by atoms with Crippen molar-refractivity contribution in [3.63, 3.8) is 0 Å². The molecule has 5 atom stereocenters. The fourth-order valence-corrected chi connectivity index (χ4v) is 9.31. The molecule has 2 aromatic rings. The van der Waals surface area contributed by atoms with Gasteiger partial charge in [0.05, 0.1) is 23.0 Å². The van der Waals surface area contributed by atoms with Gasteiger partial charge in [0.1, 0.15) is 30.3 Å². The third-order valence-electron chi connectivity index (χ3n) is 12.5. The minimum atomic E-state index is -1.04. The summed E-state index contributed by atoms with van der Waals surface area (Å²) in [5.74, 6) is -2.49. The van der Waals surface area contributed by atoms with Gasteiger partial charge in [-0.3, -0.25) is 19.2 Å². The average Bonchev–Trinajstić information content (AvgIpc) is 3.76. The van der Waals surface area contributed by atoms with Gasteiger partial charge in [0, 0.05) is 19.1 Å². The number of piperidine rings is 1. The van der Waals surface area contributed by atoms with E-state index in [9.17, 15) is 28.8 Å². The Morgan fingerprint density at radius 3 is 2.00 bits per heavy atom. The summed E-state index contributed by atoms with van der Waals surface area (Å²) in [5.41, 5.74) is 0.0318. The van der Waals surface area contributed by atoms with Gasteiger partial charge in [0.25, 0.3) is 0 Å². The van der Waals surface area contributed by atoms with Crippen LogP contribution in [-0.4, -0.2) is 111 Å². The molecular formula is C53H82N7O9+. The van der Waals surface area contributed by atoms with E-state index in [0.29, 0.717) is 51.5 Å². The number of carbonyl (C=O) groups is 6. The number of nitrogens with one attached hydrogen (secondary N) is 5. The lowest BCUT2D eigenvalue weighted by Gasteiger charge is -2.48. The van der Waals surface area contributed by atoms with Crippen LogP contribution in [0.2, 0.25) is 0 Å². The molecule has 16 nitrogen and oxygen atoms in total. The number of hydrogen-bond acceptors (Lipinski definition) is 9. The summed E-state index contributed by atoms with van der Waals surface area (Å²) in [4.78, 5) is 84.4. The average molecular weight is 961 g/mol. The summed E-state index contributed by atoms with van der Waals surface area (Å²) in [7, 11) is 0. The molecule has 2 fully saturated rings. The Labute approximate surface area is 410 Å². The highest BCUT2D eigenvalue weighted by Crippen LogP contribution is 2.36.